The smallest absolute Gasteiger partial charge is 0.319 e. The van der Waals surface area contributed by atoms with Crippen LogP contribution in [0, 0.1) is 5.82 Å². The van der Waals surface area contributed by atoms with Crippen molar-refractivity contribution in [3.8, 4) is 0 Å². The molecule has 4 N–H and O–H groups in total. The Morgan fingerprint density at radius 1 is 1.11 bits per heavy atom. The van der Waals surface area contributed by atoms with Crippen molar-refractivity contribution in [2.24, 2.45) is 9.39 Å². The van der Waals surface area contributed by atoms with Gasteiger partial charge < -0.3 is 5.32 Å². The third kappa shape index (κ3) is 6.28. The Labute approximate surface area is 213 Å². The van der Waals surface area contributed by atoms with E-state index in [0.29, 0.717) is 11.3 Å². The molecule has 0 bridgehead atoms. The van der Waals surface area contributed by atoms with Crippen molar-refractivity contribution in [1.29, 1.82) is 0 Å². The predicted molar refractivity (Wildman–Crippen MR) is 136 cm³/mol. The number of hydroxylamine groups is 1. The Hall–Kier alpha value is -3.72. The zero-order chi connectivity index (χ0) is 25.5. The van der Waals surface area contributed by atoms with Crippen LogP contribution in [0.5, 0.6) is 0 Å². The molecular formula is C22H19BrFN7O4S. The van der Waals surface area contributed by atoms with Gasteiger partial charge in [0.15, 0.2) is 11.5 Å². The van der Waals surface area contributed by atoms with Crippen LogP contribution in [0.4, 0.5) is 15.9 Å². The van der Waals surface area contributed by atoms with Crippen LogP contribution >= 0.6 is 15.9 Å². The van der Waals surface area contributed by atoms with Gasteiger partial charge in [0.25, 0.3) is 0 Å². The molecule has 0 atom stereocenters. The highest BCUT2D eigenvalue weighted by molar-refractivity contribution is 9.10. The molecule has 0 aliphatic rings. The number of amidine groups is 1. The molecule has 4 rings (SSSR count). The van der Waals surface area contributed by atoms with E-state index in [-0.39, 0.29) is 34.9 Å². The van der Waals surface area contributed by atoms with Crippen LogP contribution in [0.2, 0.25) is 0 Å². The molecular weight excluding hydrogens is 557 g/mol. The number of nitrogens with zero attached hydrogens (tertiary/aromatic N) is 4. The largest absolute Gasteiger partial charge is 0.364 e. The van der Waals surface area contributed by atoms with Gasteiger partial charge in [-0.2, -0.15) is 17.5 Å². The van der Waals surface area contributed by atoms with Crippen molar-refractivity contribution < 1.29 is 22.6 Å². The molecule has 0 spiro atoms. The first-order valence-corrected chi connectivity index (χ1v) is 12.6. The lowest BCUT2D eigenvalue weighted by molar-refractivity contribution is 0.234. The molecule has 0 aliphatic carbocycles. The summed E-state index contributed by atoms with van der Waals surface area (Å²) in [6.45, 7) is 0.0521. The minimum absolute atomic E-state index is 0.0229. The number of anilines is 1. The molecule has 0 unspecified atom stereocenters. The lowest BCUT2D eigenvalue weighted by Gasteiger charge is -2.06. The van der Waals surface area contributed by atoms with Crippen molar-refractivity contribution in [3.63, 3.8) is 0 Å². The maximum Gasteiger partial charge on any atom is 0.319 e. The maximum atomic E-state index is 13.4. The summed E-state index contributed by atoms with van der Waals surface area (Å²) in [6, 6.07) is 17.1. The van der Waals surface area contributed by atoms with E-state index in [1.54, 1.807) is 6.07 Å². The first kappa shape index (κ1) is 25.4. The Kier molecular flexibility index (Phi) is 8.00. The van der Waals surface area contributed by atoms with E-state index < -0.39 is 16.0 Å². The normalized spacial score (nSPS) is 12.4. The van der Waals surface area contributed by atoms with E-state index in [0.717, 1.165) is 10.8 Å². The fourth-order valence-electron chi connectivity index (χ4n) is 3.16. The average Bonchev–Trinajstić information content (AvgIpc) is 3.34. The summed E-state index contributed by atoms with van der Waals surface area (Å²) < 4.78 is 49.0. The topological polar surface area (TPSA) is 154 Å². The van der Waals surface area contributed by atoms with Gasteiger partial charge in [-0.1, -0.05) is 42.5 Å². The fourth-order valence-corrected chi connectivity index (χ4v) is 4.22. The van der Waals surface area contributed by atoms with Gasteiger partial charge in [-0.15, -0.1) is 0 Å². The van der Waals surface area contributed by atoms with Crippen LogP contribution in [0.15, 0.2) is 79.2 Å². The molecule has 11 nitrogen and oxygen atoms in total. The minimum Gasteiger partial charge on any atom is -0.364 e. The van der Waals surface area contributed by atoms with Crippen LogP contribution in [0.3, 0.4) is 0 Å². The van der Waals surface area contributed by atoms with E-state index in [9.17, 15) is 18.0 Å². The number of nitrogens with one attached hydrogen (secondary N) is 3. The number of rotatable bonds is 9. The summed E-state index contributed by atoms with van der Waals surface area (Å²) in [5.41, 5.74) is 2.90. The second-order valence-electron chi connectivity index (χ2n) is 7.23. The zero-order valence-corrected chi connectivity index (χ0v) is 20.8. The molecule has 0 amide bonds. The third-order valence-electron chi connectivity index (χ3n) is 4.82. The Morgan fingerprint density at radius 2 is 1.92 bits per heavy atom. The zero-order valence-electron chi connectivity index (χ0n) is 18.4. The minimum atomic E-state index is -3.96. The summed E-state index contributed by atoms with van der Waals surface area (Å²) in [5.74, 6) is -0.505. The number of benzene rings is 3. The van der Waals surface area contributed by atoms with Crippen molar-refractivity contribution in [3.05, 3.63) is 82.2 Å². The third-order valence-corrected chi connectivity index (χ3v) is 6.38. The van der Waals surface area contributed by atoms with E-state index in [1.807, 2.05) is 41.9 Å². The van der Waals surface area contributed by atoms with Gasteiger partial charge >= 0.3 is 10.2 Å². The average molecular weight is 576 g/mol. The van der Waals surface area contributed by atoms with Gasteiger partial charge in [-0.25, -0.2) is 14.0 Å². The van der Waals surface area contributed by atoms with E-state index in [4.69, 9.17) is 4.63 Å². The molecule has 0 radical (unpaired) electrons. The Morgan fingerprint density at radius 3 is 2.72 bits per heavy atom. The summed E-state index contributed by atoms with van der Waals surface area (Å²) in [4.78, 5) is 4.15. The molecule has 14 heteroatoms. The highest BCUT2D eigenvalue weighted by atomic mass is 79.9. The highest BCUT2D eigenvalue weighted by Crippen LogP contribution is 2.23. The van der Waals surface area contributed by atoms with Gasteiger partial charge in [0.2, 0.25) is 5.82 Å². The van der Waals surface area contributed by atoms with Crippen LogP contribution in [0.25, 0.3) is 10.8 Å². The molecule has 36 heavy (non-hydrogen) atoms. The molecule has 1 heterocycles. The van der Waals surface area contributed by atoms with Crippen molar-refractivity contribution >= 4 is 60.5 Å². The molecule has 0 aliphatic heterocycles. The Bertz CT molecular complexity index is 1540. The van der Waals surface area contributed by atoms with E-state index >= 15 is 0 Å². The second kappa shape index (κ2) is 11.3. The van der Waals surface area contributed by atoms with Gasteiger partial charge in [0.1, 0.15) is 5.82 Å². The standard InChI is InChI=1S/C22H19BrFN7O4S/c23-18-12-16(8-9-19(18)24)28-22(29-32)20-21(31-35-30-20)25-10-11-26-36(33,34)27-13-15-6-3-5-14-4-1-2-7-17(14)15/h1-9,12-13,26,32H,10-11H2,(H,25,31)(H,28,29). The number of hydrogen-bond acceptors (Lipinski definition) is 8. The summed E-state index contributed by atoms with van der Waals surface area (Å²) >= 11 is 3.06. The molecule has 1 aromatic heterocycles. The SMILES string of the molecule is O=S(=O)(N=Cc1cccc2ccccc12)NCCNc1nonc1C(=Nc1ccc(F)c(Br)c1)NO. The lowest BCUT2D eigenvalue weighted by Crippen LogP contribution is -2.28. The highest BCUT2D eigenvalue weighted by Gasteiger charge is 2.17. The summed E-state index contributed by atoms with van der Waals surface area (Å²) in [7, 11) is -3.96. The van der Waals surface area contributed by atoms with Crippen LogP contribution in [-0.2, 0) is 10.2 Å². The van der Waals surface area contributed by atoms with Gasteiger partial charge in [0, 0.05) is 24.9 Å². The molecule has 0 fully saturated rings. The van der Waals surface area contributed by atoms with Gasteiger partial charge in [0.05, 0.1) is 10.2 Å². The molecule has 0 saturated heterocycles. The van der Waals surface area contributed by atoms with Crippen molar-refractivity contribution in [1.82, 2.24) is 20.5 Å². The van der Waals surface area contributed by atoms with E-state index in [1.165, 1.54) is 24.4 Å². The lowest BCUT2D eigenvalue weighted by atomic mass is 10.1. The van der Waals surface area contributed by atoms with Gasteiger partial charge in [-0.05, 0) is 55.2 Å². The monoisotopic (exact) mass is 575 g/mol. The van der Waals surface area contributed by atoms with Crippen LogP contribution < -0.4 is 15.5 Å². The molecule has 186 valence electrons. The number of aromatic nitrogens is 2. The number of hydrogen-bond donors (Lipinski definition) is 4. The van der Waals surface area contributed by atoms with Crippen LogP contribution in [-0.4, -0.2) is 49.1 Å². The van der Waals surface area contributed by atoms with Crippen molar-refractivity contribution in [2.45, 2.75) is 0 Å². The Balaban J connectivity index is 1.37. The fraction of sp³-hybridized carbons (Fsp3) is 0.0909. The second-order valence-corrected chi connectivity index (χ2v) is 9.54. The van der Waals surface area contributed by atoms with Crippen LogP contribution in [0.1, 0.15) is 11.3 Å². The number of aliphatic imine (C=N–C) groups is 1. The molecule has 4 aromatic rings. The number of halogens is 2. The van der Waals surface area contributed by atoms with Gasteiger partial charge in [-0.3, -0.25) is 10.7 Å². The summed E-state index contributed by atoms with van der Waals surface area (Å²) in [6.07, 6.45) is 1.29. The van der Waals surface area contributed by atoms with E-state index in [2.05, 4.69) is 45.7 Å². The molecule has 0 saturated carbocycles. The summed E-state index contributed by atoms with van der Waals surface area (Å²) in [5, 5.41) is 21.6. The quantitative estimate of drug-likeness (QED) is 0.102. The maximum absolute atomic E-state index is 13.4. The number of fused-ring (bicyclic) bond motifs is 1. The molecule has 3 aromatic carbocycles. The first-order valence-electron chi connectivity index (χ1n) is 10.4. The predicted octanol–water partition coefficient (Wildman–Crippen LogP) is 3.55. The van der Waals surface area contributed by atoms with Crippen molar-refractivity contribution in [2.75, 3.05) is 18.4 Å². The first-order chi connectivity index (χ1) is 17.4.